The number of esters is 1. The summed E-state index contributed by atoms with van der Waals surface area (Å²) in [5.74, 6) is -2.76. The van der Waals surface area contributed by atoms with E-state index in [0.717, 1.165) is 16.7 Å². The van der Waals surface area contributed by atoms with Crippen LogP contribution >= 0.6 is 0 Å². The van der Waals surface area contributed by atoms with Crippen molar-refractivity contribution < 1.29 is 28.2 Å². The Morgan fingerprint density at radius 2 is 1.75 bits per heavy atom. The normalized spacial score (nSPS) is 10.9. The van der Waals surface area contributed by atoms with E-state index in [9.17, 15) is 18.8 Å². The molecule has 0 saturated carbocycles. The molecule has 0 radical (unpaired) electrons. The highest BCUT2D eigenvalue weighted by atomic mass is 19.1. The molecule has 0 aliphatic heterocycles. The van der Waals surface area contributed by atoms with Crippen molar-refractivity contribution in [3.05, 3.63) is 88.5 Å². The molecule has 0 atom stereocenters. The largest absolute Gasteiger partial charge is 0.480 e. The minimum absolute atomic E-state index is 0.0594. The van der Waals surface area contributed by atoms with Gasteiger partial charge < -0.3 is 15.2 Å². The number of rotatable bonds is 8. The van der Waals surface area contributed by atoms with E-state index in [2.05, 4.69) is 9.84 Å². The molecule has 0 spiro atoms. The highest BCUT2D eigenvalue weighted by Gasteiger charge is 2.28. The van der Waals surface area contributed by atoms with Crippen molar-refractivity contribution in [1.82, 2.24) is 9.61 Å². The van der Waals surface area contributed by atoms with E-state index in [0.29, 0.717) is 23.4 Å². The molecule has 0 unspecified atom stereocenters. The van der Waals surface area contributed by atoms with Crippen molar-refractivity contribution >= 4 is 23.2 Å². The molecule has 2 heterocycles. The number of carbonyl (C=O) groups is 3. The monoisotopic (exact) mass is 489 g/mol. The zero-order valence-corrected chi connectivity index (χ0v) is 20.0. The topological polar surface area (TPSA) is 113 Å². The second-order valence-electron chi connectivity index (χ2n) is 8.26. The van der Waals surface area contributed by atoms with Crippen LogP contribution < -0.4 is 10.5 Å². The van der Waals surface area contributed by atoms with Gasteiger partial charge in [0.1, 0.15) is 17.1 Å². The third kappa shape index (κ3) is 4.68. The number of hydrogen-bond acceptors (Lipinski definition) is 6. The van der Waals surface area contributed by atoms with Gasteiger partial charge in [0.2, 0.25) is 0 Å². The minimum Gasteiger partial charge on any atom is -0.480 e. The van der Waals surface area contributed by atoms with Crippen LogP contribution in [0.5, 0.6) is 5.75 Å². The molecule has 2 aromatic heterocycles. The van der Waals surface area contributed by atoms with E-state index >= 15 is 0 Å². The minimum atomic E-state index is -1.12. The zero-order chi connectivity index (χ0) is 26.0. The smallest absolute Gasteiger partial charge is 0.343 e. The van der Waals surface area contributed by atoms with Crippen molar-refractivity contribution in [1.29, 1.82) is 0 Å². The molecule has 4 aromatic rings. The highest BCUT2D eigenvalue weighted by molar-refractivity contribution is 6.44. The third-order valence-corrected chi connectivity index (χ3v) is 5.90. The number of Topliss-reactive ketones (excluding diaryl/α,β-unsaturated/α-hetero) is 1. The molecule has 2 N–H and O–H groups in total. The summed E-state index contributed by atoms with van der Waals surface area (Å²) in [5, 5.41) is 4.58. The van der Waals surface area contributed by atoms with Crippen LogP contribution in [0.4, 0.5) is 4.39 Å². The van der Waals surface area contributed by atoms with E-state index in [1.165, 1.54) is 19.2 Å². The molecule has 0 bridgehead atoms. The summed E-state index contributed by atoms with van der Waals surface area (Å²) in [4.78, 5) is 36.5. The predicted octanol–water partition coefficient (Wildman–Crippen LogP) is 3.57. The lowest BCUT2D eigenvalue weighted by molar-refractivity contribution is -0.142. The van der Waals surface area contributed by atoms with Gasteiger partial charge in [-0.05, 0) is 48.2 Å². The number of nitrogens with two attached hydrogens (primary N) is 1. The van der Waals surface area contributed by atoms with Gasteiger partial charge in [-0.3, -0.25) is 9.59 Å². The number of ether oxygens (including phenoxy) is 2. The molecule has 0 saturated heterocycles. The first kappa shape index (κ1) is 24.6. The average molecular weight is 490 g/mol. The van der Waals surface area contributed by atoms with Crippen LogP contribution in [0.25, 0.3) is 16.6 Å². The molecule has 184 valence electrons. The average Bonchev–Trinajstić information content (AvgIpc) is 3.13. The van der Waals surface area contributed by atoms with Crippen LogP contribution in [0.15, 0.2) is 54.6 Å². The maximum atomic E-state index is 13.5. The lowest BCUT2D eigenvalue weighted by Gasteiger charge is -2.12. The van der Waals surface area contributed by atoms with Crippen molar-refractivity contribution in [3.63, 3.8) is 0 Å². The van der Waals surface area contributed by atoms with Crippen molar-refractivity contribution in [2.24, 2.45) is 5.73 Å². The second kappa shape index (κ2) is 9.99. The number of ketones is 1. The summed E-state index contributed by atoms with van der Waals surface area (Å²) in [6.07, 6.45) is 0.333. The van der Waals surface area contributed by atoms with Crippen LogP contribution in [0.1, 0.15) is 32.9 Å². The highest BCUT2D eigenvalue weighted by Crippen LogP contribution is 2.34. The summed E-state index contributed by atoms with van der Waals surface area (Å²) in [6.45, 7) is 3.05. The number of carbonyl (C=O) groups excluding carboxylic acids is 3. The Bertz CT molecular complexity index is 1490. The fourth-order valence-corrected chi connectivity index (χ4v) is 4.18. The molecule has 0 fully saturated rings. The lowest BCUT2D eigenvalue weighted by atomic mass is 9.95. The number of hydrogen-bond donors (Lipinski definition) is 1. The SMILES string of the molecule is COC(=O)COc1cc(C)nn2c(Cc3ccccc3-c3ccc(F)cc3)c(C)c(C(=O)C(N)=O)c12. The second-order valence-corrected chi connectivity index (χ2v) is 8.26. The van der Waals surface area contributed by atoms with Crippen molar-refractivity contribution in [3.8, 4) is 16.9 Å². The van der Waals surface area contributed by atoms with Gasteiger partial charge in [-0.1, -0.05) is 36.4 Å². The number of aromatic nitrogens is 2. The molecule has 36 heavy (non-hydrogen) atoms. The molecule has 0 aliphatic carbocycles. The van der Waals surface area contributed by atoms with Crippen LogP contribution in [0.2, 0.25) is 0 Å². The van der Waals surface area contributed by atoms with Crippen LogP contribution in [0, 0.1) is 19.7 Å². The van der Waals surface area contributed by atoms with E-state index in [-0.39, 0.29) is 22.6 Å². The first-order valence-corrected chi connectivity index (χ1v) is 11.1. The summed E-state index contributed by atoms with van der Waals surface area (Å²) >= 11 is 0. The third-order valence-electron chi connectivity index (χ3n) is 5.90. The Labute approximate surface area is 206 Å². The Balaban J connectivity index is 1.92. The van der Waals surface area contributed by atoms with Crippen LogP contribution in [0.3, 0.4) is 0 Å². The zero-order valence-electron chi connectivity index (χ0n) is 20.0. The maximum absolute atomic E-state index is 13.5. The fourth-order valence-electron chi connectivity index (χ4n) is 4.18. The molecule has 8 nitrogen and oxygen atoms in total. The van der Waals surface area contributed by atoms with Gasteiger partial charge in [0.25, 0.3) is 11.7 Å². The summed E-state index contributed by atoms with van der Waals surface area (Å²) in [5.41, 5.74) is 9.96. The Morgan fingerprint density at radius 1 is 1.06 bits per heavy atom. The van der Waals surface area contributed by atoms with E-state index in [1.807, 2.05) is 24.3 Å². The van der Waals surface area contributed by atoms with Gasteiger partial charge in [-0.2, -0.15) is 5.10 Å². The number of nitrogens with zero attached hydrogens (tertiary/aromatic N) is 2. The van der Waals surface area contributed by atoms with Crippen molar-refractivity contribution in [2.45, 2.75) is 20.3 Å². The lowest BCUT2D eigenvalue weighted by Crippen LogP contribution is -2.24. The fraction of sp³-hybridized carbons (Fsp3) is 0.185. The van der Waals surface area contributed by atoms with E-state index < -0.39 is 24.3 Å². The Hall–Kier alpha value is -4.53. The van der Waals surface area contributed by atoms with Crippen molar-refractivity contribution in [2.75, 3.05) is 13.7 Å². The predicted molar refractivity (Wildman–Crippen MR) is 130 cm³/mol. The molecule has 1 amide bonds. The number of amides is 1. The van der Waals surface area contributed by atoms with Gasteiger partial charge in [-0.25, -0.2) is 13.7 Å². The van der Waals surface area contributed by atoms with Gasteiger partial charge in [0.05, 0.1) is 24.1 Å². The number of methoxy groups -OCH3 is 1. The summed E-state index contributed by atoms with van der Waals surface area (Å²) in [6, 6.07) is 15.4. The first-order chi connectivity index (χ1) is 17.2. The van der Waals surface area contributed by atoms with Gasteiger partial charge in [0, 0.05) is 12.5 Å². The Morgan fingerprint density at radius 3 is 2.42 bits per heavy atom. The van der Waals surface area contributed by atoms with Crippen LogP contribution in [-0.2, 0) is 20.7 Å². The molecular weight excluding hydrogens is 465 g/mol. The van der Waals surface area contributed by atoms with Gasteiger partial charge >= 0.3 is 5.97 Å². The number of aryl methyl sites for hydroxylation is 1. The molecule has 2 aromatic carbocycles. The van der Waals surface area contributed by atoms with E-state index in [1.54, 1.807) is 36.6 Å². The molecular formula is C27H24FN3O5. The van der Waals surface area contributed by atoms with Gasteiger partial charge in [-0.15, -0.1) is 0 Å². The molecule has 9 heteroatoms. The Kier molecular flexibility index (Phi) is 6.82. The van der Waals surface area contributed by atoms with Gasteiger partial charge in [0.15, 0.2) is 6.61 Å². The number of halogens is 1. The maximum Gasteiger partial charge on any atom is 0.343 e. The summed E-state index contributed by atoms with van der Waals surface area (Å²) < 4.78 is 25.4. The standard InChI is InChI=1S/C27H24FN3O5/c1-15-12-22(36-14-23(32)35-3)25-24(26(33)27(29)34)16(2)21(31(25)30-15)13-18-6-4-5-7-20(18)17-8-10-19(28)11-9-17/h4-12H,13-14H2,1-3H3,(H2,29,34). The first-order valence-electron chi connectivity index (χ1n) is 11.1. The summed E-state index contributed by atoms with van der Waals surface area (Å²) in [7, 11) is 1.24. The van der Waals surface area contributed by atoms with Crippen LogP contribution in [-0.4, -0.2) is 41.0 Å². The molecule has 0 aliphatic rings. The van der Waals surface area contributed by atoms with E-state index in [4.69, 9.17) is 10.5 Å². The quantitative estimate of drug-likeness (QED) is 0.230. The number of fused-ring (bicyclic) bond motifs is 1. The molecule has 4 rings (SSSR count). The number of primary amides is 1. The number of benzene rings is 2.